The summed E-state index contributed by atoms with van der Waals surface area (Å²) in [7, 11) is 4.45. The third-order valence-electron chi connectivity index (χ3n) is 5.43. The van der Waals surface area contributed by atoms with E-state index in [0.29, 0.717) is 28.7 Å². The minimum Gasteiger partial charge on any atom is -0.493 e. The van der Waals surface area contributed by atoms with Gasteiger partial charge in [-0.05, 0) is 47.0 Å². The maximum atomic E-state index is 12.8. The summed E-state index contributed by atoms with van der Waals surface area (Å²) in [4.78, 5) is 26.6. The molecule has 8 heteroatoms. The number of hydrogen-bond donors (Lipinski definition) is 2. The average Bonchev–Trinajstić information content (AvgIpc) is 3.39. The van der Waals surface area contributed by atoms with Crippen LogP contribution in [0.2, 0.25) is 0 Å². The van der Waals surface area contributed by atoms with Crippen LogP contribution in [0.25, 0.3) is 0 Å². The zero-order valence-corrected chi connectivity index (χ0v) is 21.5. The molecule has 1 atom stereocenters. The Labute approximate surface area is 210 Å². The second-order valence-corrected chi connectivity index (χ2v) is 9.43. The molecule has 0 bridgehead atoms. The smallest absolute Gasteiger partial charge is 0.251 e. The topological polar surface area (TPSA) is 85.9 Å². The van der Waals surface area contributed by atoms with E-state index < -0.39 is 5.91 Å². The van der Waals surface area contributed by atoms with E-state index in [1.165, 1.54) is 26.9 Å². The van der Waals surface area contributed by atoms with Crippen molar-refractivity contribution in [3.05, 3.63) is 75.5 Å². The molecule has 2 N–H and O–H groups in total. The molecule has 0 saturated carbocycles. The maximum absolute atomic E-state index is 12.8. The number of carbonyl (C=O) groups is 2. The third kappa shape index (κ3) is 6.76. The van der Waals surface area contributed by atoms with E-state index in [2.05, 4.69) is 48.7 Å². The Balaban J connectivity index is 1.70. The second kappa shape index (κ2) is 12.3. The Morgan fingerprint density at radius 1 is 0.943 bits per heavy atom. The lowest BCUT2D eigenvalue weighted by Crippen LogP contribution is -2.38. The Hall–Kier alpha value is -3.52. The van der Waals surface area contributed by atoms with E-state index in [-0.39, 0.29) is 18.5 Å². The van der Waals surface area contributed by atoms with Crippen LogP contribution >= 0.6 is 11.3 Å². The molecule has 2 aromatic carbocycles. The SMILES string of the molecule is COc1cc(C(=O)NCC(=O)NC(c2ccc(CC(C)C)cc2)c2cccs2)cc(OC)c1OC. The number of hydrogen-bond acceptors (Lipinski definition) is 6. The molecule has 1 heterocycles. The number of amides is 2. The highest BCUT2D eigenvalue weighted by Gasteiger charge is 2.20. The Bertz CT molecular complexity index is 1100. The first kappa shape index (κ1) is 26.1. The van der Waals surface area contributed by atoms with Crippen molar-refractivity contribution >= 4 is 23.2 Å². The van der Waals surface area contributed by atoms with Crippen molar-refractivity contribution in [2.24, 2.45) is 5.92 Å². The van der Waals surface area contributed by atoms with Gasteiger partial charge in [-0.3, -0.25) is 9.59 Å². The highest BCUT2D eigenvalue weighted by molar-refractivity contribution is 7.10. The molecule has 0 saturated heterocycles. The number of nitrogens with one attached hydrogen (secondary N) is 2. The van der Waals surface area contributed by atoms with E-state index in [1.807, 2.05) is 17.5 Å². The first-order valence-corrected chi connectivity index (χ1v) is 12.2. The minimum atomic E-state index is -0.426. The lowest BCUT2D eigenvalue weighted by atomic mass is 9.99. The molecule has 2 amide bonds. The highest BCUT2D eigenvalue weighted by atomic mass is 32.1. The number of ether oxygens (including phenoxy) is 3. The number of methoxy groups -OCH3 is 3. The normalized spacial score (nSPS) is 11.6. The van der Waals surface area contributed by atoms with Crippen LogP contribution in [0.3, 0.4) is 0 Å². The van der Waals surface area contributed by atoms with Gasteiger partial charge < -0.3 is 24.8 Å². The van der Waals surface area contributed by atoms with Crippen molar-refractivity contribution in [1.29, 1.82) is 0 Å². The van der Waals surface area contributed by atoms with E-state index >= 15 is 0 Å². The second-order valence-electron chi connectivity index (χ2n) is 8.45. The molecule has 35 heavy (non-hydrogen) atoms. The van der Waals surface area contributed by atoms with Gasteiger partial charge in [-0.2, -0.15) is 0 Å². The predicted octanol–water partition coefficient (Wildman–Crippen LogP) is 4.61. The van der Waals surface area contributed by atoms with Gasteiger partial charge >= 0.3 is 0 Å². The monoisotopic (exact) mass is 496 g/mol. The molecule has 186 valence electrons. The van der Waals surface area contributed by atoms with Crippen molar-refractivity contribution in [2.45, 2.75) is 26.3 Å². The number of rotatable bonds is 11. The van der Waals surface area contributed by atoms with Crippen molar-refractivity contribution in [3.8, 4) is 17.2 Å². The van der Waals surface area contributed by atoms with Gasteiger partial charge in [0.25, 0.3) is 5.91 Å². The first-order chi connectivity index (χ1) is 16.9. The summed E-state index contributed by atoms with van der Waals surface area (Å²) in [5, 5.41) is 7.71. The van der Waals surface area contributed by atoms with E-state index in [0.717, 1.165) is 16.9 Å². The van der Waals surface area contributed by atoms with Crippen LogP contribution in [0.1, 0.15) is 46.3 Å². The largest absolute Gasteiger partial charge is 0.493 e. The van der Waals surface area contributed by atoms with Gasteiger partial charge in [-0.25, -0.2) is 0 Å². The average molecular weight is 497 g/mol. The molecule has 0 spiro atoms. The molecular weight excluding hydrogens is 464 g/mol. The van der Waals surface area contributed by atoms with Crippen LogP contribution < -0.4 is 24.8 Å². The zero-order chi connectivity index (χ0) is 25.4. The molecule has 0 fully saturated rings. The summed E-state index contributed by atoms with van der Waals surface area (Å²) in [6, 6.07) is 15.1. The van der Waals surface area contributed by atoms with Crippen molar-refractivity contribution < 1.29 is 23.8 Å². The van der Waals surface area contributed by atoms with Gasteiger partial charge in [0.05, 0.1) is 33.9 Å². The van der Waals surface area contributed by atoms with Crippen molar-refractivity contribution in [1.82, 2.24) is 10.6 Å². The highest BCUT2D eigenvalue weighted by Crippen LogP contribution is 2.38. The predicted molar refractivity (Wildman–Crippen MR) is 138 cm³/mol. The number of benzene rings is 2. The molecule has 0 aliphatic rings. The minimum absolute atomic E-state index is 0.178. The molecule has 7 nitrogen and oxygen atoms in total. The fraction of sp³-hybridized carbons (Fsp3) is 0.333. The molecular formula is C27H32N2O5S. The van der Waals surface area contributed by atoms with Crippen LogP contribution in [0.15, 0.2) is 53.9 Å². The molecule has 3 aromatic rings. The molecule has 0 aliphatic heterocycles. The van der Waals surface area contributed by atoms with Gasteiger partial charge in [0.15, 0.2) is 11.5 Å². The van der Waals surface area contributed by atoms with Crippen LogP contribution in [-0.2, 0) is 11.2 Å². The van der Waals surface area contributed by atoms with Crippen LogP contribution in [0, 0.1) is 5.92 Å². The molecule has 0 aliphatic carbocycles. The summed E-state index contributed by atoms with van der Waals surface area (Å²) in [5.74, 6) is 0.964. The lowest BCUT2D eigenvalue weighted by Gasteiger charge is -2.19. The zero-order valence-electron chi connectivity index (χ0n) is 20.7. The summed E-state index contributed by atoms with van der Waals surface area (Å²) in [6.45, 7) is 4.20. The Morgan fingerprint density at radius 2 is 1.60 bits per heavy atom. The summed E-state index contributed by atoms with van der Waals surface area (Å²) in [5.41, 5.74) is 2.55. The van der Waals surface area contributed by atoms with E-state index in [9.17, 15) is 9.59 Å². The summed E-state index contributed by atoms with van der Waals surface area (Å²) in [6.07, 6.45) is 1.00. The van der Waals surface area contributed by atoms with Gasteiger partial charge in [-0.1, -0.05) is 44.2 Å². The van der Waals surface area contributed by atoms with Gasteiger partial charge in [0.2, 0.25) is 11.7 Å². The standard InChI is InChI=1S/C27H32N2O5S/c1-17(2)13-18-8-10-19(11-9-18)25(23-7-6-12-35-23)29-24(30)16-28-27(31)20-14-21(32-3)26(34-5)22(15-20)33-4/h6-12,14-15,17,25H,13,16H2,1-5H3,(H,28,31)(H,29,30). The van der Waals surface area contributed by atoms with E-state index in [4.69, 9.17) is 14.2 Å². The van der Waals surface area contributed by atoms with Gasteiger partial charge in [-0.15, -0.1) is 11.3 Å². The fourth-order valence-electron chi connectivity index (χ4n) is 3.78. The van der Waals surface area contributed by atoms with E-state index in [1.54, 1.807) is 23.5 Å². The summed E-state index contributed by atoms with van der Waals surface area (Å²) < 4.78 is 15.9. The van der Waals surface area contributed by atoms with Crippen molar-refractivity contribution in [3.63, 3.8) is 0 Å². The molecule has 3 rings (SSSR count). The van der Waals surface area contributed by atoms with Crippen LogP contribution in [-0.4, -0.2) is 39.7 Å². The Morgan fingerprint density at radius 3 is 2.11 bits per heavy atom. The lowest BCUT2D eigenvalue weighted by molar-refractivity contribution is -0.120. The summed E-state index contributed by atoms with van der Waals surface area (Å²) >= 11 is 1.57. The maximum Gasteiger partial charge on any atom is 0.251 e. The van der Waals surface area contributed by atoms with Crippen LogP contribution in [0.4, 0.5) is 0 Å². The van der Waals surface area contributed by atoms with Gasteiger partial charge in [0.1, 0.15) is 0 Å². The Kier molecular flexibility index (Phi) is 9.14. The fourth-order valence-corrected chi connectivity index (χ4v) is 4.58. The number of thiophene rings is 1. The quantitative estimate of drug-likeness (QED) is 0.405. The molecule has 1 unspecified atom stereocenters. The van der Waals surface area contributed by atoms with Gasteiger partial charge in [0, 0.05) is 10.4 Å². The van der Waals surface area contributed by atoms with Crippen molar-refractivity contribution in [2.75, 3.05) is 27.9 Å². The molecule has 0 radical (unpaired) electrons. The first-order valence-electron chi connectivity index (χ1n) is 11.4. The third-order valence-corrected chi connectivity index (χ3v) is 6.36. The molecule has 1 aromatic heterocycles. The number of carbonyl (C=O) groups excluding carboxylic acids is 2. The van der Waals surface area contributed by atoms with Crippen LogP contribution in [0.5, 0.6) is 17.2 Å².